The van der Waals surface area contributed by atoms with Crippen molar-refractivity contribution in [1.29, 1.82) is 0 Å². The normalized spacial score (nSPS) is 15.6. The highest BCUT2D eigenvalue weighted by atomic mass is 32.2. The van der Waals surface area contributed by atoms with Crippen LogP contribution in [0.1, 0.15) is 27.9 Å². The molecule has 1 aromatic carbocycles. The van der Waals surface area contributed by atoms with Crippen molar-refractivity contribution in [2.45, 2.75) is 12.8 Å². The maximum Gasteiger partial charge on any atom is 0.274 e. The number of nitrogens with one attached hydrogen (secondary N) is 1. The fourth-order valence-electron chi connectivity index (χ4n) is 3.49. The number of benzene rings is 1. The third-order valence-corrected chi connectivity index (χ3v) is 6.02. The molecule has 164 valence electrons. The van der Waals surface area contributed by atoms with Crippen molar-refractivity contribution < 1.29 is 22.5 Å². The summed E-state index contributed by atoms with van der Waals surface area (Å²) in [6, 6.07) is 8.11. The van der Waals surface area contributed by atoms with Crippen molar-refractivity contribution in [3.05, 3.63) is 65.7 Å². The van der Waals surface area contributed by atoms with Gasteiger partial charge in [0.25, 0.3) is 5.91 Å². The molecule has 0 spiro atoms. The molecule has 1 N–H and O–H groups in total. The molecule has 1 unspecified atom stereocenters. The lowest BCUT2D eigenvalue weighted by molar-refractivity contribution is 0.102. The monoisotopic (exact) mass is 455 g/mol. The third kappa shape index (κ3) is 3.57. The molecule has 0 aliphatic carbocycles. The van der Waals surface area contributed by atoms with E-state index in [4.69, 9.17) is 4.52 Å². The van der Waals surface area contributed by atoms with E-state index in [0.29, 0.717) is 22.6 Å². The average Bonchev–Trinajstić information content (AvgIpc) is 3.36. The van der Waals surface area contributed by atoms with Gasteiger partial charge in [0.15, 0.2) is 0 Å². The summed E-state index contributed by atoms with van der Waals surface area (Å²) in [6.45, 7) is 2.13. The van der Waals surface area contributed by atoms with Crippen LogP contribution < -0.4 is 5.32 Å². The van der Waals surface area contributed by atoms with Gasteiger partial charge in [-0.15, -0.1) is 0 Å². The number of hydrogen-bond acceptors (Lipinski definition) is 7. The molecular formula is C20H16FN6O4S-. The number of aryl methyl sites for hydroxylation is 1. The fourth-order valence-corrected chi connectivity index (χ4v) is 4.10. The molecule has 10 nitrogen and oxygen atoms in total. The first-order chi connectivity index (χ1) is 15.4. The SMILES string of the molecule is Cc1cc(F)c(-c2noc(C3CN(S(=O)[O-])C3)n2)cc1NC(=O)c1cnc2ccccn12. The molecule has 32 heavy (non-hydrogen) atoms. The summed E-state index contributed by atoms with van der Waals surface area (Å²) in [6.07, 6.45) is 3.19. The number of pyridine rings is 1. The lowest BCUT2D eigenvalue weighted by Crippen LogP contribution is -2.45. The van der Waals surface area contributed by atoms with Crippen LogP contribution in [-0.4, -0.2) is 51.6 Å². The van der Waals surface area contributed by atoms with Gasteiger partial charge in [-0.25, -0.2) is 13.7 Å². The number of fused-ring (bicyclic) bond motifs is 1. The van der Waals surface area contributed by atoms with Gasteiger partial charge in [-0.05, 0) is 36.8 Å². The zero-order valence-corrected chi connectivity index (χ0v) is 17.5. The number of nitrogens with zero attached hydrogens (tertiary/aromatic N) is 5. The Bertz CT molecular complexity index is 1360. The molecule has 12 heteroatoms. The smallest absolute Gasteiger partial charge is 0.274 e. The standard InChI is InChI=1S/C20H17FN6O4S/c1-11-6-14(21)13(18-24-20(31-25-18)12-9-26(10-12)32(29)30)7-15(11)23-19(28)16-8-22-17-4-2-3-5-27(16)17/h2-8,12H,9-10H2,1H3,(H,23,28)(H,29,30)/p-1. The van der Waals surface area contributed by atoms with E-state index in [1.54, 1.807) is 29.7 Å². The molecule has 3 aromatic heterocycles. The van der Waals surface area contributed by atoms with Crippen LogP contribution in [0.4, 0.5) is 10.1 Å². The van der Waals surface area contributed by atoms with E-state index in [2.05, 4.69) is 20.4 Å². The van der Waals surface area contributed by atoms with Gasteiger partial charge in [0.1, 0.15) is 17.2 Å². The first-order valence-corrected chi connectivity index (χ1v) is 10.7. The lowest BCUT2D eigenvalue weighted by atomic mass is 10.0. The van der Waals surface area contributed by atoms with Crippen LogP contribution in [0.3, 0.4) is 0 Å². The van der Waals surface area contributed by atoms with E-state index >= 15 is 0 Å². The van der Waals surface area contributed by atoms with Gasteiger partial charge in [-0.2, -0.15) is 4.98 Å². The maximum absolute atomic E-state index is 14.7. The second kappa shape index (κ2) is 7.89. The third-order valence-electron chi connectivity index (χ3n) is 5.30. The maximum atomic E-state index is 14.7. The molecule has 4 heterocycles. The first kappa shape index (κ1) is 20.4. The van der Waals surface area contributed by atoms with Gasteiger partial charge < -0.3 is 14.4 Å². The van der Waals surface area contributed by atoms with Gasteiger partial charge in [0, 0.05) is 36.2 Å². The van der Waals surface area contributed by atoms with Crippen LogP contribution in [0.5, 0.6) is 0 Å². The molecule has 1 amide bonds. The van der Waals surface area contributed by atoms with Crippen molar-refractivity contribution in [2.24, 2.45) is 0 Å². The molecule has 1 saturated heterocycles. The summed E-state index contributed by atoms with van der Waals surface area (Å²) >= 11 is -2.30. The Morgan fingerprint density at radius 3 is 2.94 bits per heavy atom. The predicted molar refractivity (Wildman–Crippen MR) is 111 cm³/mol. The number of carbonyl (C=O) groups excluding carboxylic acids is 1. The van der Waals surface area contributed by atoms with Crippen LogP contribution >= 0.6 is 0 Å². The first-order valence-electron chi connectivity index (χ1n) is 9.62. The van der Waals surface area contributed by atoms with Crippen molar-refractivity contribution in [3.63, 3.8) is 0 Å². The Morgan fingerprint density at radius 2 is 2.16 bits per heavy atom. The van der Waals surface area contributed by atoms with Crippen LogP contribution in [0.2, 0.25) is 0 Å². The van der Waals surface area contributed by atoms with Gasteiger partial charge in [-0.1, -0.05) is 11.2 Å². The minimum absolute atomic E-state index is 0.0181. The molecule has 1 aliphatic rings. The average molecular weight is 455 g/mol. The number of carbonyl (C=O) groups is 1. The zero-order chi connectivity index (χ0) is 22.4. The summed E-state index contributed by atoms with van der Waals surface area (Å²) in [5.41, 5.74) is 1.93. The number of aromatic nitrogens is 4. The topological polar surface area (TPSA) is 129 Å². The van der Waals surface area contributed by atoms with E-state index < -0.39 is 23.0 Å². The summed E-state index contributed by atoms with van der Waals surface area (Å²) in [5, 5.41) is 6.62. The molecule has 0 radical (unpaired) electrons. The molecule has 0 bridgehead atoms. The Balaban J connectivity index is 1.40. The second-order valence-electron chi connectivity index (χ2n) is 7.39. The van der Waals surface area contributed by atoms with Crippen molar-refractivity contribution in [1.82, 2.24) is 23.8 Å². The number of anilines is 1. The Labute approximate surface area is 183 Å². The number of imidazole rings is 1. The van der Waals surface area contributed by atoms with Crippen molar-refractivity contribution >= 4 is 28.5 Å². The molecule has 1 atom stereocenters. The van der Waals surface area contributed by atoms with Gasteiger partial charge in [0.2, 0.25) is 11.7 Å². The molecule has 0 saturated carbocycles. The largest absolute Gasteiger partial charge is 0.760 e. The lowest BCUT2D eigenvalue weighted by Gasteiger charge is -2.37. The van der Waals surface area contributed by atoms with Gasteiger partial charge in [-0.3, -0.25) is 13.4 Å². The number of rotatable bonds is 5. The number of hydrogen-bond donors (Lipinski definition) is 1. The van der Waals surface area contributed by atoms with Gasteiger partial charge in [0.05, 0.1) is 17.7 Å². The number of halogens is 1. The highest BCUT2D eigenvalue weighted by Crippen LogP contribution is 2.31. The van der Waals surface area contributed by atoms with Crippen molar-refractivity contribution in [3.8, 4) is 11.4 Å². The summed E-state index contributed by atoms with van der Waals surface area (Å²) in [4.78, 5) is 21.3. The van der Waals surface area contributed by atoms with E-state index in [1.807, 2.05) is 6.07 Å². The molecule has 1 aliphatic heterocycles. The Hall–Kier alpha value is -3.48. The summed E-state index contributed by atoms with van der Waals surface area (Å²) in [7, 11) is 0. The summed E-state index contributed by atoms with van der Waals surface area (Å²) < 4.78 is 44.6. The zero-order valence-electron chi connectivity index (χ0n) is 16.7. The van der Waals surface area contributed by atoms with Crippen LogP contribution in [0, 0.1) is 12.7 Å². The molecule has 5 rings (SSSR count). The van der Waals surface area contributed by atoms with Gasteiger partial charge >= 0.3 is 0 Å². The number of amides is 1. The van der Waals surface area contributed by atoms with E-state index in [-0.39, 0.29) is 36.3 Å². The Kier molecular flexibility index (Phi) is 5.04. The fraction of sp³-hybridized carbons (Fsp3) is 0.200. The summed E-state index contributed by atoms with van der Waals surface area (Å²) in [5.74, 6) is -0.962. The highest BCUT2D eigenvalue weighted by Gasteiger charge is 2.33. The van der Waals surface area contributed by atoms with Crippen LogP contribution in [0.15, 0.2) is 47.2 Å². The Morgan fingerprint density at radius 1 is 1.34 bits per heavy atom. The van der Waals surface area contributed by atoms with Crippen molar-refractivity contribution in [2.75, 3.05) is 18.4 Å². The van der Waals surface area contributed by atoms with E-state index in [1.165, 1.54) is 22.6 Å². The van der Waals surface area contributed by atoms with E-state index in [0.717, 1.165) is 0 Å². The minimum atomic E-state index is -2.30. The minimum Gasteiger partial charge on any atom is -0.760 e. The quantitative estimate of drug-likeness (QED) is 0.457. The highest BCUT2D eigenvalue weighted by molar-refractivity contribution is 7.76. The molecule has 4 aromatic rings. The van der Waals surface area contributed by atoms with Crippen LogP contribution in [-0.2, 0) is 11.3 Å². The predicted octanol–water partition coefficient (Wildman–Crippen LogP) is 2.28. The van der Waals surface area contributed by atoms with E-state index in [9.17, 15) is 17.9 Å². The van der Waals surface area contributed by atoms with Crippen LogP contribution in [0.25, 0.3) is 17.0 Å². The molecule has 1 fully saturated rings. The molecular weight excluding hydrogens is 439 g/mol. The second-order valence-corrected chi connectivity index (χ2v) is 8.34.